The lowest BCUT2D eigenvalue weighted by Crippen LogP contribution is -1.99. The number of benzene rings is 1. The summed E-state index contributed by atoms with van der Waals surface area (Å²) < 4.78 is 20.9. The van der Waals surface area contributed by atoms with E-state index in [0.717, 1.165) is 13.0 Å². The van der Waals surface area contributed by atoms with Crippen LogP contribution in [-0.4, -0.2) is 15.6 Å². The highest BCUT2D eigenvalue weighted by Gasteiger charge is 2.15. The molecule has 0 aliphatic heterocycles. The Hall–Kier alpha value is -2.17. The molecule has 0 aliphatic carbocycles. The van der Waals surface area contributed by atoms with E-state index in [9.17, 15) is 9.18 Å². The first-order valence-corrected chi connectivity index (χ1v) is 6.11. The normalized spacial score (nSPS) is 10.5. The number of carbonyl (C=O) groups is 1. The molecule has 0 N–H and O–H groups in total. The van der Waals surface area contributed by atoms with Crippen LogP contribution < -0.4 is 4.74 Å². The molecule has 0 bridgehead atoms. The molecule has 1 aromatic heterocycles. The third kappa shape index (κ3) is 2.99. The van der Waals surface area contributed by atoms with Crippen molar-refractivity contribution in [2.24, 2.45) is 0 Å². The van der Waals surface area contributed by atoms with Gasteiger partial charge in [0.25, 0.3) is 0 Å². The summed E-state index contributed by atoms with van der Waals surface area (Å²) in [6, 6.07) is 4.29. The maximum Gasteiger partial charge on any atom is 0.173 e. The van der Waals surface area contributed by atoms with E-state index >= 15 is 0 Å². The van der Waals surface area contributed by atoms with Gasteiger partial charge >= 0.3 is 0 Å². The number of nitrogens with zero attached hydrogens (tertiary/aromatic N) is 2. The van der Waals surface area contributed by atoms with Crippen LogP contribution in [0.15, 0.2) is 30.6 Å². The van der Waals surface area contributed by atoms with Crippen molar-refractivity contribution < 1.29 is 13.9 Å². The lowest BCUT2D eigenvalue weighted by Gasteiger charge is -2.08. The molecule has 100 valence electrons. The average molecular weight is 262 g/mol. The monoisotopic (exact) mass is 262 g/mol. The smallest absolute Gasteiger partial charge is 0.173 e. The zero-order valence-corrected chi connectivity index (χ0v) is 10.9. The van der Waals surface area contributed by atoms with Crippen LogP contribution in [0.1, 0.15) is 30.6 Å². The fraction of sp³-hybridized carbons (Fsp3) is 0.286. The SMILES string of the molecule is CCCn1cc(Oc2c(F)cccc2C(C)=O)cn1. The van der Waals surface area contributed by atoms with Crippen LogP contribution in [0.4, 0.5) is 4.39 Å². The minimum Gasteiger partial charge on any atom is -0.450 e. The van der Waals surface area contributed by atoms with Crippen molar-refractivity contribution in [2.75, 3.05) is 0 Å². The molecule has 0 unspecified atom stereocenters. The fourth-order valence-corrected chi connectivity index (χ4v) is 1.76. The third-order valence-electron chi connectivity index (χ3n) is 2.63. The van der Waals surface area contributed by atoms with E-state index in [4.69, 9.17) is 4.74 Å². The van der Waals surface area contributed by atoms with Crippen molar-refractivity contribution in [1.29, 1.82) is 0 Å². The summed E-state index contributed by atoms with van der Waals surface area (Å²) in [5.41, 5.74) is 0.225. The van der Waals surface area contributed by atoms with Gasteiger partial charge in [0, 0.05) is 6.54 Å². The number of Topliss-reactive ketones (excluding diaryl/α,β-unsaturated/α-hetero) is 1. The summed E-state index contributed by atoms with van der Waals surface area (Å²) in [7, 11) is 0. The molecule has 2 aromatic rings. The number of para-hydroxylation sites is 1. The number of aryl methyl sites for hydroxylation is 1. The lowest BCUT2D eigenvalue weighted by atomic mass is 10.1. The molecule has 0 fully saturated rings. The summed E-state index contributed by atoms with van der Waals surface area (Å²) in [6.45, 7) is 4.18. The van der Waals surface area contributed by atoms with E-state index in [0.29, 0.717) is 5.75 Å². The van der Waals surface area contributed by atoms with Crippen molar-refractivity contribution in [3.8, 4) is 11.5 Å². The zero-order valence-electron chi connectivity index (χ0n) is 10.9. The predicted molar refractivity (Wildman–Crippen MR) is 69.0 cm³/mol. The first kappa shape index (κ1) is 13.3. The van der Waals surface area contributed by atoms with Gasteiger partial charge in [-0.25, -0.2) is 4.39 Å². The van der Waals surface area contributed by atoms with Crippen LogP contribution in [0.3, 0.4) is 0 Å². The van der Waals surface area contributed by atoms with Crippen LogP contribution in [0.2, 0.25) is 0 Å². The van der Waals surface area contributed by atoms with Crippen LogP contribution >= 0.6 is 0 Å². The largest absolute Gasteiger partial charge is 0.450 e. The molecule has 1 aromatic carbocycles. The highest BCUT2D eigenvalue weighted by molar-refractivity contribution is 5.96. The van der Waals surface area contributed by atoms with Gasteiger partial charge in [0.2, 0.25) is 0 Å². The molecule has 0 radical (unpaired) electrons. The molecular formula is C14H15FN2O2. The van der Waals surface area contributed by atoms with Gasteiger partial charge in [-0.1, -0.05) is 13.0 Å². The van der Waals surface area contributed by atoms with Crippen molar-refractivity contribution in [3.63, 3.8) is 0 Å². The maximum atomic E-state index is 13.7. The Morgan fingerprint density at radius 1 is 1.47 bits per heavy atom. The second-order valence-electron chi connectivity index (χ2n) is 4.21. The van der Waals surface area contributed by atoms with E-state index in [-0.39, 0.29) is 17.1 Å². The van der Waals surface area contributed by atoms with Crippen molar-refractivity contribution in [2.45, 2.75) is 26.8 Å². The van der Waals surface area contributed by atoms with Crippen LogP contribution in [0.25, 0.3) is 0 Å². The molecule has 0 saturated heterocycles. The Morgan fingerprint density at radius 2 is 2.26 bits per heavy atom. The number of ether oxygens (including phenoxy) is 1. The van der Waals surface area contributed by atoms with Crippen molar-refractivity contribution in [1.82, 2.24) is 9.78 Å². The van der Waals surface area contributed by atoms with Crippen molar-refractivity contribution >= 4 is 5.78 Å². The first-order chi connectivity index (χ1) is 9.11. The highest BCUT2D eigenvalue weighted by atomic mass is 19.1. The standard InChI is InChI=1S/C14H15FN2O2/c1-3-7-17-9-11(8-16-17)19-14-12(10(2)18)5-4-6-13(14)15/h4-6,8-9H,3,7H2,1-2H3. The molecule has 0 aliphatic rings. The number of aromatic nitrogens is 2. The molecule has 0 amide bonds. The van der Waals surface area contributed by atoms with E-state index in [2.05, 4.69) is 5.10 Å². The van der Waals surface area contributed by atoms with E-state index in [1.54, 1.807) is 10.9 Å². The van der Waals surface area contributed by atoms with E-state index in [1.165, 1.54) is 31.3 Å². The number of carbonyl (C=O) groups excluding carboxylic acids is 1. The van der Waals surface area contributed by atoms with Crippen LogP contribution in [0.5, 0.6) is 11.5 Å². The number of rotatable bonds is 5. The Labute approximate surface area is 110 Å². The second-order valence-corrected chi connectivity index (χ2v) is 4.21. The lowest BCUT2D eigenvalue weighted by molar-refractivity contribution is 0.101. The van der Waals surface area contributed by atoms with Gasteiger partial charge in [0.15, 0.2) is 23.1 Å². The predicted octanol–water partition coefficient (Wildman–Crippen LogP) is 3.43. The Bertz CT molecular complexity index is 593. The van der Waals surface area contributed by atoms with E-state index < -0.39 is 5.82 Å². The van der Waals surface area contributed by atoms with Crippen molar-refractivity contribution in [3.05, 3.63) is 42.0 Å². The van der Waals surface area contributed by atoms with Gasteiger partial charge in [-0.15, -0.1) is 0 Å². The minimum atomic E-state index is -0.559. The minimum absolute atomic E-state index is 0.0500. The number of ketones is 1. The Balaban J connectivity index is 2.29. The highest BCUT2D eigenvalue weighted by Crippen LogP contribution is 2.28. The summed E-state index contributed by atoms with van der Waals surface area (Å²) >= 11 is 0. The topological polar surface area (TPSA) is 44.1 Å². The molecule has 0 atom stereocenters. The Kier molecular flexibility index (Phi) is 3.94. The quantitative estimate of drug-likeness (QED) is 0.775. The zero-order chi connectivity index (χ0) is 13.8. The van der Waals surface area contributed by atoms with Gasteiger partial charge in [0.1, 0.15) is 0 Å². The number of halogens is 1. The van der Waals surface area contributed by atoms with Gasteiger partial charge < -0.3 is 4.74 Å². The van der Waals surface area contributed by atoms with Gasteiger partial charge in [-0.05, 0) is 25.5 Å². The molecule has 2 rings (SSSR count). The molecule has 0 spiro atoms. The average Bonchev–Trinajstić information content (AvgIpc) is 2.79. The first-order valence-electron chi connectivity index (χ1n) is 6.11. The van der Waals surface area contributed by atoms with Gasteiger partial charge in [0.05, 0.1) is 18.0 Å². The molecule has 1 heterocycles. The fourth-order valence-electron chi connectivity index (χ4n) is 1.76. The molecule has 5 heteroatoms. The van der Waals surface area contributed by atoms with Gasteiger partial charge in [-0.2, -0.15) is 5.10 Å². The summed E-state index contributed by atoms with van der Waals surface area (Å²) in [4.78, 5) is 11.4. The van der Waals surface area contributed by atoms with Gasteiger partial charge in [-0.3, -0.25) is 9.48 Å². The molecule has 0 saturated carbocycles. The van der Waals surface area contributed by atoms with E-state index in [1.807, 2.05) is 6.92 Å². The number of hydrogen-bond donors (Lipinski definition) is 0. The molecule has 19 heavy (non-hydrogen) atoms. The van der Waals surface area contributed by atoms with Crippen LogP contribution in [-0.2, 0) is 6.54 Å². The summed E-state index contributed by atoms with van der Waals surface area (Å²) in [6.07, 6.45) is 4.13. The summed E-state index contributed by atoms with van der Waals surface area (Å²) in [5, 5.41) is 4.09. The summed E-state index contributed by atoms with van der Waals surface area (Å²) in [5.74, 6) is -0.432. The number of hydrogen-bond acceptors (Lipinski definition) is 3. The molecular weight excluding hydrogens is 247 g/mol. The third-order valence-corrected chi connectivity index (χ3v) is 2.63. The second kappa shape index (κ2) is 5.65. The van der Waals surface area contributed by atoms with Crippen LogP contribution in [0, 0.1) is 5.82 Å². The molecule has 4 nitrogen and oxygen atoms in total. The maximum absolute atomic E-state index is 13.7. The Morgan fingerprint density at radius 3 is 2.95 bits per heavy atom.